The molecule has 3 aliphatic rings. The van der Waals surface area contributed by atoms with E-state index in [2.05, 4.69) is 284 Å². The second kappa shape index (κ2) is 17.2. The first kappa shape index (κ1) is 49.6. The van der Waals surface area contributed by atoms with Crippen molar-refractivity contribution in [3.05, 3.63) is 220 Å². The molecule has 8 aromatic rings. The molecule has 0 unspecified atom stereocenters. The summed E-state index contributed by atoms with van der Waals surface area (Å²) in [5.41, 5.74) is 25.8. The number of nitrogens with zero attached hydrogens (tertiary/aromatic N) is 2. The molecule has 2 heterocycles. The van der Waals surface area contributed by atoms with Gasteiger partial charge in [0.25, 0.3) is 6.71 Å². The van der Waals surface area contributed by atoms with E-state index in [1.54, 1.807) is 0 Å². The maximum absolute atomic E-state index is 2.70. The Morgan fingerprint density at radius 2 is 0.851 bits per heavy atom. The maximum atomic E-state index is 2.70. The third-order valence-electron chi connectivity index (χ3n) is 17.9. The average Bonchev–Trinajstić information content (AvgIpc) is 3.37. The van der Waals surface area contributed by atoms with Crippen molar-refractivity contribution >= 4 is 57.2 Å². The van der Waals surface area contributed by atoms with Gasteiger partial charge in [0.1, 0.15) is 0 Å². The van der Waals surface area contributed by atoms with Gasteiger partial charge in [-0.25, -0.2) is 0 Å². The lowest BCUT2D eigenvalue weighted by Gasteiger charge is -2.48. The van der Waals surface area contributed by atoms with Crippen LogP contribution in [0.5, 0.6) is 0 Å². The molecule has 2 nitrogen and oxygen atoms in total. The number of hydrogen-bond donors (Lipinski definition) is 0. The van der Waals surface area contributed by atoms with Gasteiger partial charge in [-0.2, -0.15) is 0 Å². The second-order valence-electron chi connectivity index (χ2n) is 26.7. The van der Waals surface area contributed by atoms with E-state index in [1.807, 2.05) is 0 Å². The van der Waals surface area contributed by atoms with Gasteiger partial charge in [-0.15, -0.1) is 0 Å². The Balaban J connectivity index is 1.23. The van der Waals surface area contributed by atoms with Crippen LogP contribution in [0.1, 0.15) is 160 Å². The Hall–Kier alpha value is -6.58. The van der Waals surface area contributed by atoms with E-state index >= 15 is 0 Å². The third-order valence-corrected chi connectivity index (χ3v) is 17.9. The summed E-state index contributed by atoms with van der Waals surface area (Å²) < 4.78 is 0. The monoisotopic (exact) mass is 969 g/mol. The summed E-state index contributed by atoms with van der Waals surface area (Å²) in [4.78, 5) is 5.29. The molecule has 2 aliphatic heterocycles. The van der Waals surface area contributed by atoms with Gasteiger partial charge in [-0.1, -0.05) is 218 Å². The number of benzene rings is 8. The van der Waals surface area contributed by atoms with E-state index in [0.717, 1.165) is 12.8 Å². The minimum atomic E-state index is -0.236. The lowest BCUT2D eigenvalue weighted by atomic mass is 9.33. The molecule has 0 radical (unpaired) electrons. The van der Waals surface area contributed by atoms with Crippen molar-refractivity contribution in [1.82, 2.24) is 0 Å². The number of anilines is 6. The standard InChI is InChI=1S/C71H77BN2/c1-46-40-63-65-64(41-46)74(60-36-32-52(67(5,6)7)42-55(60)47-26-28-48(29-27-47)66(2,3)4)62-45-57-56(68(8,9)38-39-69(57,10)11)44-59(62)72(65)58-43-53(71(14,15)50-24-20-17-21-25-50)33-37-61(58)73(63)54-34-30-51(31-35-54)70(12,13)49-22-18-16-19-23-49/h16-37,40-45H,38-39H2,1-15H3. The zero-order valence-electron chi connectivity index (χ0n) is 47.1. The highest BCUT2D eigenvalue weighted by molar-refractivity contribution is 7.00. The van der Waals surface area contributed by atoms with Gasteiger partial charge >= 0.3 is 0 Å². The number of aryl methyl sites for hydroxylation is 1. The van der Waals surface area contributed by atoms with E-state index in [-0.39, 0.29) is 39.2 Å². The molecule has 0 saturated heterocycles. The van der Waals surface area contributed by atoms with E-state index in [0.29, 0.717) is 0 Å². The maximum Gasteiger partial charge on any atom is 0.252 e. The first-order chi connectivity index (χ1) is 34.9. The van der Waals surface area contributed by atoms with E-state index < -0.39 is 0 Å². The Morgan fingerprint density at radius 3 is 1.42 bits per heavy atom. The molecule has 3 heteroatoms. The van der Waals surface area contributed by atoms with Crippen LogP contribution < -0.4 is 26.2 Å². The quantitative estimate of drug-likeness (QED) is 0.147. The lowest BCUT2D eigenvalue weighted by Crippen LogP contribution is -2.62. The summed E-state index contributed by atoms with van der Waals surface area (Å²) in [6.45, 7) is 35.7. The molecule has 0 spiro atoms. The zero-order valence-corrected chi connectivity index (χ0v) is 47.1. The molecule has 0 bridgehead atoms. The van der Waals surface area contributed by atoms with Crippen LogP contribution in [0, 0.1) is 6.92 Å². The Labute approximate surface area is 445 Å². The van der Waals surface area contributed by atoms with Crippen molar-refractivity contribution in [3.8, 4) is 11.1 Å². The predicted octanol–water partition coefficient (Wildman–Crippen LogP) is 17.3. The number of rotatable bonds is 7. The summed E-state index contributed by atoms with van der Waals surface area (Å²) in [5.74, 6) is 0. The summed E-state index contributed by atoms with van der Waals surface area (Å²) in [7, 11) is 0. The molecule has 0 fully saturated rings. The third kappa shape index (κ3) is 8.16. The van der Waals surface area contributed by atoms with Crippen molar-refractivity contribution < 1.29 is 0 Å². The van der Waals surface area contributed by atoms with Crippen LogP contribution in [0.3, 0.4) is 0 Å². The lowest BCUT2D eigenvalue weighted by molar-refractivity contribution is 0.332. The fourth-order valence-corrected chi connectivity index (χ4v) is 12.8. The van der Waals surface area contributed by atoms with E-state index in [1.165, 1.54) is 112 Å². The SMILES string of the molecule is Cc1cc2c3c(c1)N(c1ccc(C(C)(C)C)cc1-c1ccc(C(C)(C)C)cc1)c1cc4c(cc1B3c1cc(C(C)(C)c3ccccc3)ccc1N2c1ccc(C(C)(C)c2ccccc2)cc1)C(C)(C)CCC4(C)C. The molecule has 11 rings (SSSR count). The Kier molecular flexibility index (Phi) is 11.6. The van der Waals surface area contributed by atoms with Crippen LogP contribution in [0.15, 0.2) is 170 Å². The molecule has 0 N–H and O–H groups in total. The van der Waals surface area contributed by atoms with E-state index in [9.17, 15) is 0 Å². The minimum Gasteiger partial charge on any atom is -0.311 e. The summed E-state index contributed by atoms with van der Waals surface area (Å²) >= 11 is 0. The predicted molar refractivity (Wildman–Crippen MR) is 320 cm³/mol. The molecule has 0 aromatic heterocycles. The van der Waals surface area contributed by atoms with Crippen LogP contribution in [0.2, 0.25) is 0 Å². The molecule has 74 heavy (non-hydrogen) atoms. The van der Waals surface area contributed by atoms with Crippen molar-refractivity contribution in [2.75, 3.05) is 9.80 Å². The van der Waals surface area contributed by atoms with Crippen molar-refractivity contribution in [3.63, 3.8) is 0 Å². The molecule has 0 saturated carbocycles. The summed E-state index contributed by atoms with van der Waals surface area (Å²) in [6, 6.07) is 66.1. The second-order valence-corrected chi connectivity index (χ2v) is 26.7. The fourth-order valence-electron chi connectivity index (χ4n) is 12.8. The van der Waals surface area contributed by atoms with Gasteiger partial charge in [0, 0.05) is 44.8 Å². The van der Waals surface area contributed by atoms with Crippen LogP contribution in [0.4, 0.5) is 34.1 Å². The van der Waals surface area contributed by atoms with Crippen molar-refractivity contribution in [2.24, 2.45) is 0 Å². The normalized spacial score (nSPS) is 15.8. The highest BCUT2D eigenvalue weighted by Gasteiger charge is 2.47. The first-order valence-electron chi connectivity index (χ1n) is 27.4. The van der Waals surface area contributed by atoms with E-state index in [4.69, 9.17) is 0 Å². The van der Waals surface area contributed by atoms with Gasteiger partial charge in [0.05, 0.1) is 5.69 Å². The van der Waals surface area contributed by atoms with Crippen LogP contribution >= 0.6 is 0 Å². The van der Waals surface area contributed by atoms with Crippen LogP contribution in [0.25, 0.3) is 11.1 Å². The van der Waals surface area contributed by atoms with Crippen molar-refractivity contribution in [2.45, 2.75) is 149 Å². The highest BCUT2D eigenvalue weighted by atomic mass is 15.2. The number of fused-ring (bicyclic) bond motifs is 5. The molecular weight excluding hydrogens is 892 g/mol. The van der Waals surface area contributed by atoms with Gasteiger partial charge < -0.3 is 9.80 Å². The topological polar surface area (TPSA) is 6.48 Å². The fraction of sp³-hybridized carbons (Fsp3) is 0.324. The largest absolute Gasteiger partial charge is 0.311 e. The molecule has 0 amide bonds. The van der Waals surface area contributed by atoms with Crippen molar-refractivity contribution in [1.29, 1.82) is 0 Å². The summed E-state index contributed by atoms with van der Waals surface area (Å²) in [6.07, 6.45) is 2.30. The molecule has 0 atom stereocenters. The molecular formula is C71H77BN2. The molecule has 8 aromatic carbocycles. The smallest absolute Gasteiger partial charge is 0.252 e. The van der Waals surface area contributed by atoms with Gasteiger partial charge in [-0.3, -0.25) is 0 Å². The van der Waals surface area contributed by atoms with Crippen LogP contribution in [-0.4, -0.2) is 6.71 Å². The van der Waals surface area contributed by atoms with Crippen LogP contribution in [-0.2, 0) is 32.5 Å². The Morgan fingerprint density at radius 1 is 0.392 bits per heavy atom. The van der Waals surface area contributed by atoms with Gasteiger partial charge in [0.2, 0.25) is 0 Å². The molecule has 1 aliphatic carbocycles. The first-order valence-corrected chi connectivity index (χ1v) is 27.4. The van der Waals surface area contributed by atoms with Gasteiger partial charge in [0.15, 0.2) is 0 Å². The zero-order chi connectivity index (χ0) is 52.5. The minimum absolute atomic E-state index is 0.0146. The number of hydrogen-bond acceptors (Lipinski definition) is 2. The Bertz CT molecular complexity index is 3450. The highest BCUT2D eigenvalue weighted by Crippen LogP contribution is 2.52. The average molecular weight is 969 g/mol. The summed E-state index contributed by atoms with van der Waals surface area (Å²) in [5, 5.41) is 0. The van der Waals surface area contributed by atoms with Gasteiger partial charge in [-0.05, 0) is 162 Å². The molecule has 374 valence electrons.